The predicted molar refractivity (Wildman–Crippen MR) is 88.6 cm³/mol. The minimum absolute atomic E-state index is 0.529. The molecule has 6 heteroatoms. The number of halogens is 3. The summed E-state index contributed by atoms with van der Waals surface area (Å²) in [7, 11) is 0. The van der Waals surface area contributed by atoms with Gasteiger partial charge in [0.05, 0.1) is 5.56 Å². The van der Waals surface area contributed by atoms with Crippen molar-refractivity contribution in [1.82, 2.24) is 5.32 Å². The van der Waals surface area contributed by atoms with Crippen LogP contribution in [-0.2, 0) is 19.1 Å². The Balaban J connectivity index is 1.51. The molecule has 1 heterocycles. The Labute approximate surface area is 144 Å². The fraction of sp³-hybridized carbons (Fsp3) is 0.368. The molecule has 1 aliphatic rings. The third-order valence-electron chi connectivity index (χ3n) is 3.89. The van der Waals surface area contributed by atoms with E-state index in [2.05, 4.69) is 5.32 Å². The highest BCUT2D eigenvalue weighted by molar-refractivity contribution is 5.45. The predicted octanol–water partition coefficient (Wildman–Crippen LogP) is 4.55. The van der Waals surface area contributed by atoms with Gasteiger partial charge in [0.25, 0.3) is 0 Å². The normalized spacial score (nSPS) is 15.4. The minimum Gasteiger partial charge on any atom is -0.449 e. The van der Waals surface area contributed by atoms with Crippen molar-refractivity contribution in [2.75, 3.05) is 6.54 Å². The van der Waals surface area contributed by atoms with Gasteiger partial charge in [0, 0.05) is 20.4 Å². The summed E-state index contributed by atoms with van der Waals surface area (Å²) in [6.07, 6.45) is -3.77. The van der Waals surface area contributed by atoms with E-state index in [9.17, 15) is 13.2 Å². The third-order valence-corrected chi connectivity index (χ3v) is 3.89. The first-order valence-corrected chi connectivity index (χ1v) is 8.11. The summed E-state index contributed by atoms with van der Waals surface area (Å²) in [4.78, 5) is 0. The molecule has 2 aromatic rings. The van der Waals surface area contributed by atoms with Crippen LogP contribution in [0.25, 0.3) is 0 Å². The molecule has 1 N–H and O–H groups in total. The smallest absolute Gasteiger partial charge is 0.416 e. The van der Waals surface area contributed by atoms with Gasteiger partial charge < -0.3 is 14.8 Å². The molecule has 2 aromatic carbocycles. The molecule has 0 atom stereocenters. The highest BCUT2D eigenvalue weighted by Crippen LogP contribution is 2.39. The molecule has 0 unspecified atom stereocenters. The van der Waals surface area contributed by atoms with Crippen LogP contribution < -0.4 is 14.8 Å². The van der Waals surface area contributed by atoms with Crippen LogP contribution in [0.3, 0.4) is 0 Å². The van der Waals surface area contributed by atoms with E-state index in [1.54, 1.807) is 6.07 Å². The van der Waals surface area contributed by atoms with Crippen molar-refractivity contribution in [2.24, 2.45) is 0 Å². The molecule has 134 valence electrons. The first-order chi connectivity index (χ1) is 11.7. The summed E-state index contributed by atoms with van der Waals surface area (Å²) in [5.41, 5.74) is 1.09. The van der Waals surface area contributed by atoms with Crippen LogP contribution in [0, 0.1) is 0 Å². The van der Waals surface area contributed by atoms with E-state index in [4.69, 9.17) is 9.47 Å². The molecule has 0 spiro atoms. The molecule has 0 radical (unpaired) electrons. The number of ether oxygens (including phenoxy) is 2. The van der Waals surface area contributed by atoms with Crippen LogP contribution in [-0.4, -0.2) is 12.3 Å². The van der Waals surface area contributed by atoms with Gasteiger partial charge in [0.15, 0.2) is 11.5 Å². The zero-order valence-electron chi connectivity index (χ0n) is 14.1. The molecule has 0 bridgehead atoms. The second kappa shape index (κ2) is 6.59. The van der Waals surface area contributed by atoms with Gasteiger partial charge in [0.2, 0.25) is 5.79 Å². The molecule has 3 rings (SSSR count). The van der Waals surface area contributed by atoms with Crippen molar-refractivity contribution in [3.8, 4) is 11.5 Å². The first-order valence-electron chi connectivity index (χ1n) is 8.11. The number of nitrogens with one attached hydrogen (secondary N) is 1. The molecular formula is C19H20F3NO2. The number of alkyl halides is 3. The van der Waals surface area contributed by atoms with Crippen molar-refractivity contribution in [1.29, 1.82) is 0 Å². The van der Waals surface area contributed by atoms with Crippen molar-refractivity contribution in [3.05, 3.63) is 59.2 Å². The summed E-state index contributed by atoms with van der Waals surface area (Å²) in [5, 5.41) is 3.24. The summed E-state index contributed by atoms with van der Waals surface area (Å²) in [6, 6.07) is 11.2. The Morgan fingerprint density at radius 3 is 2.48 bits per heavy atom. The Morgan fingerprint density at radius 1 is 0.960 bits per heavy atom. The lowest BCUT2D eigenvalue weighted by Crippen LogP contribution is -2.29. The van der Waals surface area contributed by atoms with E-state index in [0.29, 0.717) is 30.8 Å². The zero-order chi connectivity index (χ0) is 18.1. The van der Waals surface area contributed by atoms with Gasteiger partial charge in [-0.2, -0.15) is 13.2 Å². The molecule has 0 amide bonds. The van der Waals surface area contributed by atoms with E-state index in [-0.39, 0.29) is 0 Å². The number of rotatable bonds is 5. The Hall–Kier alpha value is -2.21. The number of hydrogen-bond donors (Lipinski definition) is 1. The van der Waals surface area contributed by atoms with Crippen molar-refractivity contribution in [2.45, 2.75) is 38.8 Å². The molecule has 0 aromatic heterocycles. The third kappa shape index (κ3) is 4.45. The maximum atomic E-state index is 12.7. The maximum absolute atomic E-state index is 12.7. The number of fused-ring (bicyclic) bond motifs is 1. The highest BCUT2D eigenvalue weighted by Gasteiger charge is 2.31. The van der Waals surface area contributed by atoms with Gasteiger partial charge in [-0.15, -0.1) is 0 Å². The second-order valence-corrected chi connectivity index (χ2v) is 6.51. The van der Waals surface area contributed by atoms with Gasteiger partial charge in [-0.25, -0.2) is 0 Å². The van der Waals surface area contributed by atoms with E-state index in [1.165, 1.54) is 12.1 Å². The van der Waals surface area contributed by atoms with Gasteiger partial charge >= 0.3 is 6.18 Å². The lowest BCUT2D eigenvalue weighted by Gasteiger charge is -2.16. The van der Waals surface area contributed by atoms with Crippen molar-refractivity contribution in [3.63, 3.8) is 0 Å². The fourth-order valence-electron chi connectivity index (χ4n) is 2.75. The molecule has 25 heavy (non-hydrogen) atoms. The van der Waals surface area contributed by atoms with Crippen LogP contribution in [0.2, 0.25) is 0 Å². The van der Waals surface area contributed by atoms with Crippen LogP contribution in [0.4, 0.5) is 13.2 Å². The minimum atomic E-state index is -4.30. The summed E-state index contributed by atoms with van der Waals surface area (Å²) >= 11 is 0. The van der Waals surface area contributed by atoms with E-state index < -0.39 is 17.5 Å². The topological polar surface area (TPSA) is 30.5 Å². The molecule has 3 nitrogen and oxygen atoms in total. The molecule has 0 fully saturated rings. The van der Waals surface area contributed by atoms with Crippen LogP contribution in [0.15, 0.2) is 42.5 Å². The number of hydrogen-bond acceptors (Lipinski definition) is 3. The van der Waals surface area contributed by atoms with E-state index in [0.717, 1.165) is 17.4 Å². The molecular weight excluding hydrogens is 331 g/mol. The monoisotopic (exact) mass is 351 g/mol. The number of benzene rings is 2. The fourth-order valence-corrected chi connectivity index (χ4v) is 2.75. The summed E-state index contributed by atoms with van der Waals surface area (Å²) in [5.74, 6) is 0.776. The standard InChI is InChI=1S/C19H20F3NO2/c1-18(2)24-16-7-6-14(11-17(16)25-18)12-23-9-8-13-4-3-5-15(10-13)19(20,21)22/h3-7,10-11,23H,8-9,12H2,1-2H3. The quantitative estimate of drug-likeness (QED) is 0.802. The highest BCUT2D eigenvalue weighted by atomic mass is 19.4. The van der Waals surface area contributed by atoms with Crippen LogP contribution in [0.1, 0.15) is 30.5 Å². The molecule has 0 saturated heterocycles. The average Bonchev–Trinajstić information content (AvgIpc) is 2.84. The maximum Gasteiger partial charge on any atom is 0.416 e. The van der Waals surface area contributed by atoms with E-state index in [1.807, 2.05) is 32.0 Å². The average molecular weight is 351 g/mol. The Kier molecular flexibility index (Phi) is 4.64. The first kappa shape index (κ1) is 17.6. The summed E-state index contributed by atoms with van der Waals surface area (Å²) in [6.45, 7) is 4.89. The van der Waals surface area contributed by atoms with Crippen molar-refractivity contribution < 1.29 is 22.6 Å². The Bertz CT molecular complexity index is 757. The van der Waals surface area contributed by atoms with Gasteiger partial charge in [-0.3, -0.25) is 0 Å². The lowest BCUT2D eigenvalue weighted by atomic mass is 10.1. The van der Waals surface area contributed by atoms with Crippen LogP contribution in [0.5, 0.6) is 11.5 Å². The molecule has 0 aliphatic carbocycles. The Morgan fingerprint density at radius 2 is 1.72 bits per heavy atom. The summed E-state index contributed by atoms with van der Waals surface area (Å²) < 4.78 is 49.4. The molecule has 0 saturated carbocycles. The SMILES string of the molecule is CC1(C)Oc2ccc(CNCCc3cccc(C(F)(F)F)c3)cc2O1. The zero-order valence-corrected chi connectivity index (χ0v) is 14.1. The molecule has 1 aliphatic heterocycles. The largest absolute Gasteiger partial charge is 0.449 e. The van der Waals surface area contributed by atoms with Crippen molar-refractivity contribution >= 4 is 0 Å². The van der Waals surface area contributed by atoms with Gasteiger partial charge in [0.1, 0.15) is 0 Å². The second-order valence-electron chi connectivity index (χ2n) is 6.51. The van der Waals surface area contributed by atoms with Gasteiger partial charge in [-0.1, -0.05) is 24.3 Å². The van der Waals surface area contributed by atoms with E-state index >= 15 is 0 Å². The lowest BCUT2D eigenvalue weighted by molar-refractivity contribution is -0.137. The van der Waals surface area contributed by atoms with Gasteiger partial charge in [-0.05, 0) is 42.3 Å². The van der Waals surface area contributed by atoms with Crippen LogP contribution >= 0.6 is 0 Å².